The topological polar surface area (TPSA) is 47.8 Å². The maximum absolute atomic E-state index is 10.9. The Kier molecular flexibility index (Phi) is 4.27. The molecule has 0 saturated heterocycles. The van der Waals surface area contributed by atoms with Crippen LogP contribution in [0.5, 0.6) is 0 Å². The minimum absolute atomic E-state index is 0.0231. The first-order valence-corrected chi connectivity index (χ1v) is 8.61. The molecule has 0 bridgehead atoms. The molecule has 2 aromatic carbocycles. The Bertz CT molecular complexity index is 1090. The first-order valence-electron chi connectivity index (χ1n) is 8.23. The van der Waals surface area contributed by atoms with Crippen LogP contribution in [-0.4, -0.2) is 20.8 Å². The lowest BCUT2D eigenvalue weighted by atomic mass is 9.88. The number of fused-ring (bicyclic) bond motifs is 1. The van der Waals surface area contributed by atoms with Gasteiger partial charge in [0.15, 0.2) is 6.29 Å². The van der Waals surface area contributed by atoms with Crippen molar-refractivity contribution in [2.45, 2.75) is 5.92 Å². The Morgan fingerprint density at radius 2 is 1.81 bits per heavy atom. The molecule has 2 aromatic heterocycles. The van der Waals surface area contributed by atoms with E-state index in [-0.39, 0.29) is 5.92 Å². The lowest BCUT2D eigenvalue weighted by Gasteiger charge is -2.19. The minimum Gasteiger partial charge on any atom is -0.337 e. The van der Waals surface area contributed by atoms with E-state index < -0.39 is 0 Å². The van der Waals surface area contributed by atoms with Crippen LogP contribution in [-0.2, 0) is 7.05 Å². The van der Waals surface area contributed by atoms with E-state index in [0.29, 0.717) is 10.7 Å². The summed E-state index contributed by atoms with van der Waals surface area (Å²) < 4.78 is 2.03. The van der Waals surface area contributed by atoms with Crippen molar-refractivity contribution < 1.29 is 4.79 Å². The summed E-state index contributed by atoms with van der Waals surface area (Å²) >= 11 is 6.07. The summed E-state index contributed by atoms with van der Waals surface area (Å²) in [7, 11) is 1.99. The zero-order valence-electron chi connectivity index (χ0n) is 14.1. The SMILES string of the molecule is Cn1cncc1C(c1ccc(Cl)cc1)c1ccc2nc(C=O)ccc2c1. The molecule has 0 saturated carbocycles. The lowest BCUT2D eigenvalue weighted by Crippen LogP contribution is -2.08. The first-order chi connectivity index (χ1) is 12.7. The molecule has 0 aliphatic carbocycles. The number of aryl methyl sites for hydroxylation is 1. The van der Waals surface area contributed by atoms with Gasteiger partial charge in [-0.3, -0.25) is 4.79 Å². The van der Waals surface area contributed by atoms with Gasteiger partial charge in [0.05, 0.1) is 17.8 Å². The smallest absolute Gasteiger partial charge is 0.168 e. The fraction of sp³-hybridized carbons (Fsp3) is 0.0952. The van der Waals surface area contributed by atoms with Crippen molar-refractivity contribution in [2.75, 3.05) is 0 Å². The third kappa shape index (κ3) is 3.00. The molecule has 0 N–H and O–H groups in total. The van der Waals surface area contributed by atoms with Crippen molar-refractivity contribution in [3.8, 4) is 0 Å². The Morgan fingerprint density at radius 3 is 2.50 bits per heavy atom. The van der Waals surface area contributed by atoms with E-state index in [0.717, 1.165) is 34.0 Å². The second-order valence-corrected chi connectivity index (χ2v) is 6.66. The van der Waals surface area contributed by atoms with Crippen LogP contribution in [0.15, 0.2) is 67.1 Å². The van der Waals surface area contributed by atoms with Crippen LogP contribution < -0.4 is 0 Å². The molecule has 5 heteroatoms. The molecule has 4 nitrogen and oxygen atoms in total. The molecule has 1 atom stereocenters. The van der Waals surface area contributed by atoms with Gasteiger partial charge in [0, 0.05) is 29.3 Å². The van der Waals surface area contributed by atoms with Crippen molar-refractivity contribution in [3.63, 3.8) is 0 Å². The van der Waals surface area contributed by atoms with Gasteiger partial charge in [-0.15, -0.1) is 0 Å². The number of halogens is 1. The largest absolute Gasteiger partial charge is 0.337 e. The van der Waals surface area contributed by atoms with Crippen LogP contribution in [0.3, 0.4) is 0 Å². The number of nitrogens with zero attached hydrogens (tertiary/aromatic N) is 3. The average Bonchev–Trinajstić information content (AvgIpc) is 3.08. The van der Waals surface area contributed by atoms with E-state index in [2.05, 4.69) is 22.1 Å². The van der Waals surface area contributed by atoms with Crippen molar-refractivity contribution in [1.29, 1.82) is 0 Å². The maximum atomic E-state index is 10.9. The predicted molar refractivity (Wildman–Crippen MR) is 103 cm³/mol. The van der Waals surface area contributed by atoms with E-state index in [9.17, 15) is 4.79 Å². The summed E-state index contributed by atoms with van der Waals surface area (Å²) in [5.41, 5.74) is 4.59. The normalized spacial score (nSPS) is 12.2. The number of imidazole rings is 1. The number of pyridine rings is 1. The Hall–Kier alpha value is -2.98. The van der Waals surface area contributed by atoms with E-state index in [1.165, 1.54) is 0 Å². The van der Waals surface area contributed by atoms with Crippen molar-refractivity contribution in [3.05, 3.63) is 94.7 Å². The molecule has 1 unspecified atom stereocenters. The zero-order valence-corrected chi connectivity index (χ0v) is 14.9. The zero-order chi connectivity index (χ0) is 18.1. The molecule has 128 valence electrons. The molecule has 0 spiro atoms. The lowest BCUT2D eigenvalue weighted by molar-refractivity contribution is 0.111. The molecule has 0 amide bonds. The second kappa shape index (κ2) is 6.73. The van der Waals surface area contributed by atoms with E-state index in [1.807, 2.05) is 54.2 Å². The standard InChI is InChI=1S/C21H16ClN3O/c1-25-13-23-11-20(25)21(14-2-6-17(22)7-3-14)16-5-9-19-15(10-16)4-8-18(12-26)24-19/h2-13,21H,1H3. The van der Waals surface area contributed by atoms with Crippen molar-refractivity contribution in [2.24, 2.45) is 7.05 Å². The van der Waals surface area contributed by atoms with Crippen LogP contribution in [0.4, 0.5) is 0 Å². The maximum Gasteiger partial charge on any atom is 0.168 e. The molecule has 2 heterocycles. The number of hydrogen-bond acceptors (Lipinski definition) is 3. The fourth-order valence-corrected chi connectivity index (χ4v) is 3.37. The summed E-state index contributed by atoms with van der Waals surface area (Å²) in [6, 6.07) is 17.7. The molecular weight excluding hydrogens is 346 g/mol. The fourth-order valence-electron chi connectivity index (χ4n) is 3.24. The number of rotatable bonds is 4. The van der Waals surface area contributed by atoms with Gasteiger partial charge < -0.3 is 4.57 Å². The number of carbonyl (C=O) groups excluding carboxylic acids is 1. The van der Waals surface area contributed by atoms with Crippen molar-refractivity contribution in [1.82, 2.24) is 14.5 Å². The predicted octanol–water partition coefficient (Wildman–Crippen LogP) is 4.61. The number of carbonyl (C=O) groups is 1. The van der Waals surface area contributed by atoms with Gasteiger partial charge in [-0.1, -0.05) is 35.9 Å². The molecule has 4 rings (SSSR count). The quantitative estimate of drug-likeness (QED) is 0.498. The summed E-state index contributed by atoms with van der Waals surface area (Å²) in [6.07, 6.45) is 4.45. The summed E-state index contributed by atoms with van der Waals surface area (Å²) in [5, 5.41) is 1.70. The third-order valence-electron chi connectivity index (χ3n) is 4.54. The number of aromatic nitrogens is 3. The highest BCUT2D eigenvalue weighted by Crippen LogP contribution is 2.33. The Labute approximate surface area is 156 Å². The van der Waals surface area contributed by atoms with Crippen LogP contribution in [0, 0.1) is 0 Å². The highest BCUT2D eigenvalue weighted by Gasteiger charge is 2.20. The molecule has 0 aliphatic rings. The highest BCUT2D eigenvalue weighted by atomic mass is 35.5. The van der Waals surface area contributed by atoms with Crippen LogP contribution in [0.25, 0.3) is 10.9 Å². The van der Waals surface area contributed by atoms with Gasteiger partial charge >= 0.3 is 0 Å². The summed E-state index contributed by atoms with van der Waals surface area (Å²) in [5.74, 6) is 0.0231. The Balaban J connectivity index is 1.88. The summed E-state index contributed by atoms with van der Waals surface area (Å²) in [4.78, 5) is 19.6. The van der Waals surface area contributed by atoms with Gasteiger partial charge in [0.2, 0.25) is 0 Å². The van der Waals surface area contributed by atoms with Crippen LogP contribution in [0.2, 0.25) is 5.02 Å². The number of hydrogen-bond donors (Lipinski definition) is 0. The van der Waals surface area contributed by atoms with Gasteiger partial charge in [-0.05, 0) is 41.5 Å². The van der Waals surface area contributed by atoms with Crippen LogP contribution in [0.1, 0.15) is 33.2 Å². The highest BCUT2D eigenvalue weighted by molar-refractivity contribution is 6.30. The van der Waals surface area contributed by atoms with E-state index in [1.54, 1.807) is 12.4 Å². The molecule has 26 heavy (non-hydrogen) atoms. The van der Waals surface area contributed by atoms with Gasteiger partial charge in [0.25, 0.3) is 0 Å². The molecule has 4 aromatic rings. The van der Waals surface area contributed by atoms with Gasteiger partial charge in [-0.25, -0.2) is 9.97 Å². The monoisotopic (exact) mass is 361 g/mol. The molecule has 0 radical (unpaired) electrons. The third-order valence-corrected chi connectivity index (χ3v) is 4.79. The van der Waals surface area contributed by atoms with Crippen LogP contribution >= 0.6 is 11.6 Å². The first kappa shape index (κ1) is 16.5. The Morgan fingerprint density at radius 1 is 1.04 bits per heavy atom. The molecular formula is C21H16ClN3O. The van der Waals surface area contributed by atoms with Crippen molar-refractivity contribution >= 4 is 28.8 Å². The minimum atomic E-state index is 0.0231. The number of benzene rings is 2. The number of aldehydes is 1. The second-order valence-electron chi connectivity index (χ2n) is 6.22. The molecule has 0 aliphatic heterocycles. The van der Waals surface area contributed by atoms with E-state index in [4.69, 9.17) is 11.6 Å². The van der Waals surface area contributed by atoms with E-state index >= 15 is 0 Å². The van der Waals surface area contributed by atoms with Gasteiger partial charge in [-0.2, -0.15) is 0 Å². The molecule has 0 fully saturated rings. The summed E-state index contributed by atoms with van der Waals surface area (Å²) in [6.45, 7) is 0. The average molecular weight is 362 g/mol. The van der Waals surface area contributed by atoms with Gasteiger partial charge in [0.1, 0.15) is 5.69 Å².